The van der Waals surface area contributed by atoms with Crippen molar-refractivity contribution >= 4 is 38.7 Å². The summed E-state index contributed by atoms with van der Waals surface area (Å²) in [6.07, 6.45) is 4.47. The highest BCUT2D eigenvalue weighted by atomic mass is 32.2. The van der Waals surface area contributed by atoms with Crippen LogP contribution in [0.4, 0.5) is 0 Å². The normalized spacial score (nSPS) is 29.2. The molecule has 1 amide bonds. The third-order valence-corrected chi connectivity index (χ3v) is 8.86. The van der Waals surface area contributed by atoms with Crippen molar-refractivity contribution in [3.63, 3.8) is 0 Å². The van der Waals surface area contributed by atoms with Crippen LogP contribution in [-0.4, -0.2) is 46.0 Å². The molecule has 1 aliphatic heterocycles. The molecule has 0 unspecified atom stereocenters. The number of hydrogen-bond donors (Lipinski definition) is 1. The number of nitrogens with one attached hydrogen (secondary N) is 1. The van der Waals surface area contributed by atoms with Crippen LogP contribution in [0.5, 0.6) is 0 Å². The summed E-state index contributed by atoms with van der Waals surface area (Å²) in [7, 11) is -3.82. The number of fused-ring (bicyclic) bond motifs is 1. The first-order chi connectivity index (χ1) is 13.4. The fraction of sp³-hybridized carbons (Fsp3) is 0.632. The Morgan fingerprint density at radius 2 is 2.00 bits per heavy atom. The molecule has 2 fully saturated rings. The first-order valence-corrected chi connectivity index (χ1v) is 12.1. The van der Waals surface area contributed by atoms with Gasteiger partial charge >= 0.3 is 0 Å². The third-order valence-electron chi connectivity index (χ3n) is 6.38. The van der Waals surface area contributed by atoms with Crippen molar-refractivity contribution in [2.45, 2.75) is 62.9 Å². The average molecular weight is 423 g/mol. The molecule has 0 radical (unpaired) electrons. The van der Waals surface area contributed by atoms with Crippen LogP contribution in [0.15, 0.2) is 23.1 Å². The highest BCUT2D eigenvalue weighted by Crippen LogP contribution is 2.32. The molecule has 4 rings (SSSR count). The summed E-state index contributed by atoms with van der Waals surface area (Å²) < 4.78 is 36.4. The second-order valence-corrected chi connectivity index (χ2v) is 10.4. The molecule has 0 bridgehead atoms. The molecular weight excluding hydrogens is 396 g/mol. The Balaban J connectivity index is 1.57. The summed E-state index contributed by atoms with van der Waals surface area (Å²) in [6, 6.07) is 4.44. The number of aromatic nitrogens is 2. The zero-order valence-corrected chi connectivity index (χ0v) is 17.8. The minimum absolute atomic E-state index is 0.118. The van der Waals surface area contributed by atoms with E-state index in [0.717, 1.165) is 24.6 Å². The van der Waals surface area contributed by atoms with Crippen molar-refractivity contribution in [1.29, 1.82) is 0 Å². The quantitative estimate of drug-likeness (QED) is 0.818. The number of hydrogen-bond acceptors (Lipinski definition) is 6. The summed E-state index contributed by atoms with van der Waals surface area (Å²) in [5.74, 6) is 0.798. The molecule has 2 heterocycles. The van der Waals surface area contributed by atoms with Gasteiger partial charge in [0.2, 0.25) is 15.9 Å². The fourth-order valence-electron chi connectivity index (χ4n) is 4.47. The number of amides is 1. The van der Waals surface area contributed by atoms with Crippen LogP contribution in [0, 0.1) is 11.8 Å². The van der Waals surface area contributed by atoms with E-state index in [1.165, 1.54) is 10.7 Å². The topological polar surface area (TPSA) is 92.3 Å². The minimum Gasteiger partial charge on any atom is -0.352 e. The lowest BCUT2D eigenvalue weighted by atomic mass is 9.78. The summed E-state index contributed by atoms with van der Waals surface area (Å²) >= 11 is 0.994. The van der Waals surface area contributed by atoms with Crippen LogP contribution in [0.25, 0.3) is 11.0 Å². The third kappa shape index (κ3) is 3.44. The number of benzene rings is 1. The van der Waals surface area contributed by atoms with Crippen LogP contribution in [-0.2, 0) is 14.8 Å². The largest absolute Gasteiger partial charge is 0.352 e. The van der Waals surface area contributed by atoms with Gasteiger partial charge in [0.05, 0.1) is 11.7 Å². The van der Waals surface area contributed by atoms with Crippen molar-refractivity contribution < 1.29 is 13.2 Å². The van der Waals surface area contributed by atoms with Gasteiger partial charge in [-0.2, -0.15) is 13.1 Å². The van der Waals surface area contributed by atoms with E-state index in [1.54, 1.807) is 18.2 Å². The van der Waals surface area contributed by atoms with E-state index in [-0.39, 0.29) is 16.8 Å². The number of rotatable bonds is 4. The standard InChI is InChI=1S/C19H26N4O3S2/c1-12-6-3-7-14(13(12)2)20-19(24)16-9-5-11-23(16)28(25,26)17-10-4-8-15-18(17)22-27-21-15/h4,8,10,12-14,16H,3,5-7,9,11H2,1-2H3,(H,20,24)/t12-,13-,14+,16-/m1/s1. The zero-order chi connectivity index (χ0) is 19.9. The smallest absolute Gasteiger partial charge is 0.246 e. The lowest BCUT2D eigenvalue weighted by Crippen LogP contribution is -2.51. The Morgan fingerprint density at radius 1 is 1.18 bits per heavy atom. The molecule has 1 saturated carbocycles. The van der Waals surface area contributed by atoms with Gasteiger partial charge in [-0.25, -0.2) is 8.42 Å². The first kappa shape index (κ1) is 19.7. The second-order valence-electron chi connectivity index (χ2n) is 8.04. The summed E-state index contributed by atoms with van der Waals surface area (Å²) in [6.45, 7) is 4.75. The maximum absolute atomic E-state index is 13.4. The van der Waals surface area contributed by atoms with Crippen molar-refractivity contribution in [3.8, 4) is 0 Å². The molecule has 1 saturated heterocycles. The molecule has 0 spiro atoms. The van der Waals surface area contributed by atoms with Crippen LogP contribution >= 0.6 is 11.7 Å². The molecule has 2 aliphatic rings. The molecule has 4 atom stereocenters. The molecule has 152 valence electrons. The summed E-state index contributed by atoms with van der Waals surface area (Å²) in [4.78, 5) is 13.2. The van der Waals surface area contributed by atoms with E-state index in [1.807, 2.05) is 0 Å². The Bertz CT molecular complexity index is 974. The van der Waals surface area contributed by atoms with E-state index in [9.17, 15) is 13.2 Å². The second kappa shape index (κ2) is 7.68. The molecule has 9 heteroatoms. The lowest BCUT2D eigenvalue weighted by molar-refractivity contribution is -0.125. The van der Waals surface area contributed by atoms with E-state index in [0.29, 0.717) is 42.3 Å². The highest BCUT2D eigenvalue weighted by molar-refractivity contribution is 7.89. The number of carbonyl (C=O) groups excluding carboxylic acids is 1. The number of carbonyl (C=O) groups is 1. The molecule has 1 aliphatic carbocycles. The summed E-state index contributed by atoms with van der Waals surface area (Å²) in [5, 5.41) is 3.16. The van der Waals surface area contributed by atoms with Gasteiger partial charge in [-0.15, -0.1) is 0 Å². The van der Waals surface area contributed by atoms with Crippen molar-refractivity contribution in [1.82, 2.24) is 18.4 Å². The monoisotopic (exact) mass is 422 g/mol. The Morgan fingerprint density at radius 3 is 2.82 bits per heavy atom. The van der Waals surface area contributed by atoms with Crippen molar-refractivity contribution in [2.75, 3.05) is 6.54 Å². The maximum atomic E-state index is 13.4. The molecular formula is C19H26N4O3S2. The minimum atomic E-state index is -3.82. The molecule has 1 aromatic carbocycles. The van der Waals surface area contributed by atoms with Crippen molar-refractivity contribution in [2.24, 2.45) is 11.8 Å². The van der Waals surface area contributed by atoms with Crippen molar-refractivity contribution in [3.05, 3.63) is 18.2 Å². The Hall–Kier alpha value is -1.58. The van der Waals surface area contributed by atoms with Gasteiger partial charge in [-0.05, 0) is 43.2 Å². The molecule has 1 N–H and O–H groups in total. The first-order valence-electron chi connectivity index (χ1n) is 9.93. The summed E-state index contributed by atoms with van der Waals surface area (Å²) in [5.41, 5.74) is 0.949. The lowest BCUT2D eigenvalue weighted by Gasteiger charge is -2.35. The van der Waals surface area contributed by atoms with E-state index in [4.69, 9.17) is 0 Å². The fourth-order valence-corrected chi connectivity index (χ4v) is 6.88. The SMILES string of the molecule is C[C@@H]1[C@H](C)CCC[C@@H]1NC(=O)[C@H]1CCCN1S(=O)(=O)c1cccc2nsnc12. The van der Waals surface area contributed by atoms with Gasteiger partial charge in [0.15, 0.2) is 0 Å². The van der Waals surface area contributed by atoms with Gasteiger partial charge in [0, 0.05) is 12.6 Å². The predicted octanol–water partition coefficient (Wildman–Crippen LogP) is 2.79. The average Bonchev–Trinajstić information content (AvgIpc) is 3.34. The number of nitrogens with zero attached hydrogens (tertiary/aromatic N) is 3. The Kier molecular flexibility index (Phi) is 5.41. The van der Waals surface area contributed by atoms with Gasteiger partial charge < -0.3 is 5.32 Å². The van der Waals surface area contributed by atoms with E-state index in [2.05, 4.69) is 27.9 Å². The van der Waals surface area contributed by atoms with E-state index >= 15 is 0 Å². The highest BCUT2D eigenvalue weighted by Gasteiger charge is 2.41. The molecule has 7 nitrogen and oxygen atoms in total. The van der Waals surface area contributed by atoms with Crippen LogP contribution in [0.1, 0.15) is 46.0 Å². The zero-order valence-electron chi connectivity index (χ0n) is 16.2. The van der Waals surface area contributed by atoms with Crippen LogP contribution in [0.3, 0.4) is 0 Å². The van der Waals surface area contributed by atoms with Gasteiger partial charge in [0.1, 0.15) is 22.0 Å². The van der Waals surface area contributed by atoms with Gasteiger partial charge in [0.25, 0.3) is 0 Å². The van der Waals surface area contributed by atoms with Gasteiger partial charge in [-0.1, -0.05) is 32.8 Å². The molecule has 2 aromatic rings. The molecule has 28 heavy (non-hydrogen) atoms. The predicted molar refractivity (Wildman–Crippen MR) is 108 cm³/mol. The van der Waals surface area contributed by atoms with Crippen LogP contribution < -0.4 is 5.32 Å². The number of sulfonamides is 1. The van der Waals surface area contributed by atoms with Crippen LogP contribution in [0.2, 0.25) is 0 Å². The van der Waals surface area contributed by atoms with E-state index < -0.39 is 16.1 Å². The molecule has 1 aromatic heterocycles. The Labute approximate surface area is 169 Å². The maximum Gasteiger partial charge on any atom is 0.246 e. The van der Waals surface area contributed by atoms with Gasteiger partial charge in [-0.3, -0.25) is 4.79 Å².